The van der Waals surface area contributed by atoms with E-state index in [2.05, 4.69) is 21.3 Å². The number of amides is 4. The Morgan fingerprint density at radius 3 is 0.933 bits per heavy atom. The van der Waals surface area contributed by atoms with Gasteiger partial charge in [-0.25, -0.2) is 9.59 Å². The van der Waals surface area contributed by atoms with Crippen LogP contribution >= 0.6 is 0 Å². The van der Waals surface area contributed by atoms with Crippen molar-refractivity contribution in [3.63, 3.8) is 0 Å². The fourth-order valence-electron chi connectivity index (χ4n) is 0.829. The maximum atomic E-state index is 10.0. The molecule has 2 aliphatic rings. The summed E-state index contributed by atoms with van der Waals surface area (Å²) in [7, 11) is 0. The standard InChI is InChI=1S/2C3H6N2O.H2O.2Pb/c2*6-3-4-1-2-5-3;;;/h2*1-2H2,(H2,4,5,6);1H2;;. The van der Waals surface area contributed by atoms with Gasteiger partial charge < -0.3 is 26.7 Å². The van der Waals surface area contributed by atoms with Gasteiger partial charge in [0.25, 0.3) is 0 Å². The molecule has 15 heavy (non-hydrogen) atoms. The Balaban J connectivity index is -0.000000160. The first-order chi connectivity index (χ1) is 5.79. The van der Waals surface area contributed by atoms with Crippen molar-refractivity contribution in [1.82, 2.24) is 21.3 Å². The molecule has 0 aromatic carbocycles. The number of nitrogens with one attached hydrogen (secondary N) is 4. The SMILES string of the molecule is O.O=C1NCCN1.O=C1NCCN1.[Pb].[Pb]. The molecule has 2 heterocycles. The monoisotopic (exact) mass is 606 g/mol. The molecule has 0 bridgehead atoms. The third-order valence-electron chi connectivity index (χ3n) is 1.39. The summed E-state index contributed by atoms with van der Waals surface area (Å²) in [5.74, 6) is 0. The van der Waals surface area contributed by atoms with E-state index in [0.717, 1.165) is 26.2 Å². The minimum Gasteiger partial charge on any atom is -0.412 e. The summed E-state index contributed by atoms with van der Waals surface area (Å²) >= 11 is 0. The van der Waals surface area contributed by atoms with E-state index in [-0.39, 0.29) is 72.1 Å². The van der Waals surface area contributed by atoms with Crippen LogP contribution in [0.5, 0.6) is 0 Å². The molecular weight excluding hydrogens is 590 g/mol. The van der Waals surface area contributed by atoms with Crippen molar-refractivity contribution in [2.75, 3.05) is 26.2 Å². The summed E-state index contributed by atoms with van der Waals surface area (Å²) in [5, 5.41) is 10.3. The summed E-state index contributed by atoms with van der Waals surface area (Å²) in [4.78, 5) is 20.0. The number of carbonyl (C=O) groups excluding carboxylic acids is 2. The molecule has 2 saturated heterocycles. The molecule has 0 saturated carbocycles. The molecule has 84 valence electrons. The molecule has 0 atom stereocenters. The smallest absolute Gasteiger partial charge is 0.314 e. The van der Waals surface area contributed by atoms with Gasteiger partial charge in [0.05, 0.1) is 0 Å². The summed E-state index contributed by atoms with van der Waals surface area (Å²) < 4.78 is 0. The first-order valence-corrected chi connectivity index (χ1v) is 3.82. The minimum atomic E-state index is -0.0463. The Kier molecular flexibility index (Phi) is 17.1. The molecular formula is C6H14N4O3Pb2. The summed E-state index contributed by atoms with van der Waals surface area (Å²) in [6.07, 6.45) is 0. The van der Waals surface area contributed by atoms with Crippen molar-refractivity contribution in [3.8, 4) is 0 Å². The largest absolute Gasteiger partial charge is 0.412 e. The van der Waals surface area contributed by atoms with E-state index < -0.39 is 0 Å². The van der Waals surface area contributed by atoms with Crippen LogP contribution in [0.3, 0.4) is 0 Å². The molecule has 0 unspecified atom stereocenters. The Morgan fingerprint density at radius 2 is 0.867 bits per heavy atom. The molecule has 2 aliphatic heterocycles. The van der Waals surface area contributed by atoms with Gasteiger partial charge in [-0.05, 0) is 0 Å². The zero-order chi connectivity index (χ0) is 8.81. The predicted octanol–water partition coefficient (Wildman–Crippen LogP) is -2.99. The molecule has 2 fully saturated rings. The second-order valence-corrected chi connectivity index (χ2v) is 2.37. The molecule has 7 nitrogen and oxygen atoms in total. The average Bonchev–Trinajstić information content (AvgIpc) is 2.63. The maximum Gasteiger partial charge on any atom is 0.314 e. The molecule has 8 radical (unpaired) electrons. The quantitative estimate of drug-likeness (QED) is 0.221. The molecule has 0 aromatic heterocycles. The van der Waals surface area contributed by atoms with Gasteiger partial charge in [-0.1, -0.05) is 0 Å². The van der Waals surface area contributed by atoms with Gasteiger partial charge in [0.2, 0.25) is 0 Å². The summed E-state index contributed by atoms with van der Waals surface area (Å²) in [6.45, 7) is 3.11. The van der Waals surface area contributed by atoms with Crippen LogP contribution in [0.1, 0.15) is 0 Å². The molecule has 0 aromatic rings. The Hall–Kier alpha value is 0.344. The van der Waals surface area contributed by atoms with E-state index in [1.54, 1.807) is 0 Å². The van der Waals surface area contributed by atoms with Crippen LogP contribution in [-0.2, 0) is 0 Å². The van der Waals surface area contributed by atoms with Gasteiger partial charge in [-0.15, -0.1) is 0 Å². The van der Waals surface area contributed by atoms with Crippen LogP contribution in [0.2, 0.25) is 0 Å². The third-order valence-corrected chi connectivity index (χ3v) is 1.39. The van der Waals surface area contributed by atoms with Gasteiger partial charge in [0, 0.05) is 80.8 Å². The first kappa shape index (κ1) is 20.7. The van der Waals surface area contributed by atoms with E-state index in [9.17, 15) is 9.59 Å². The van der Waals surface area contributed by atoms with E-state index >= 15 is 0 Å². The Morgan fingerprint density at radius 1 is 0.667 bits per heavy atom. The van der Waals surface area contributed by atoms with Gasteiger partial charge in [0.1, 0.15) is 0 Å². The van der Waals surface area contributed by atoms with Crippen molar-refractivity contribution in [2.45, 2.75) is 0 Å². The van der Waals surface area contributed by atoms with Crippen molar-refractivity contribution in [1.29, 1.82) is 0 Å². The van der Waals surface area contributed by atoms with Crippen LogP contribution in [0, 0.1) is 0 Å². The van der Waals surface area contributed by atoms with Gasteiger partial charge in [-0.2, -0.15) is 0 Å². The number of rotatable bonds is 0. The van der Waals surface area contributed by atoms with E-state index in [4.69, 9.17) is 0 Å². The number of carbonyl (C=O) groups is 2. The molecule has 9 heteroatoms. The van der Waals surface area contributed by atoms with Crippen LogP contribution in [0.4, 0.5) is 9.59 Å². The van der Waals surface area contributed by atoms with E-state index in [0.29, 0.717) is 0 Å². The average molecular weight is 605 g/mol. The van der Waals surface area contributed by atoms with Crippen LogP contribution in [-0.4, -0.2) is 98.3 Å². The van der Waals surface area contributed by atoms with Gasteiger partial charge >= 0.3 is 12.1 Å². The van der Waals surface area contributed by atoms with Crippen molar-refractivity contribution < 1.29 is 15.1 Å². The second-order valence-electron chi connectivity index (χ2n) is 2.37. The molecule has 0 spiro atoms. The molecule has 6 N–H and O–H groups in total. The van der Waals surface area contributed by atoms with Crippen LogP contribution in [0.15, 0.2) is 0 Å². The fraction of sp³-hybridized carbons (Fsp3) is 0.667. The Bertz CT molecular complexity index is 157. The van der Waals surface area contributed by atoms with Crippen LogP contribution in [0.25, 0.3) is 0 Å². The second kappa shape index (κ2) is 12.4. The Labute approximate surface area is 128 Å². The summed E-state index contributed by atoms with van der Waals surface area (Å²) in [5.41, 5.74) is 0. The minimum absolute atomic E-state index is 0. The van der Waals surface area contributed by atoms with Crippen molar-refractivity contribution in [3.05, 3.63) is 0 Å². The zero-order valence-corrected chi connectivity index (χ0v) is 15.9. The third kappa shape index (κ3) is 10.6. The zero-order valence-electron chi connectivity index (χ0n) is 8.14. The number of urea groups is 2. The number of hydrogen-bond acceptors (Lipinski definition) is 2. The predicted molar refractivity (Wildman–Crippen MR) is 57.9 cm³/mol. The summed E-state index contributed by atoms with van der Waals surface area (Å²) in [6, 6.07) is -0.0926. The van der Waals surface area contributed by atoms with Crippen molar-refractivity contribution >= 4 is 66.7 Å². The normalized spacial score (nSPS) is 15.7. The number of hydrogen-bond donors (Lipinski definition) is 4. The van der Waals surface area contributed by atoms with Crippen molar-refractivity contribution in [2.24, 2.45) is 0 Å². The fourth-order valence-corrected chi connectivity index (χ4v) is 0.829. The first-order valence-electron chi connectivity index (χ1n) is 3.82. The molecule has 0 aliphatic carbocycles. The van der Waals surface area contributed by atoms with E-state index in [1.807, 2.05) is 0 Å². The van der Waals surface area contributed by atoms with Crippen LogP contribution < -0.4 is 21.3 Å². The maximum absolute atomic E-state index is 10.0. The molecule has 2 rings (SSSR count). The molecule has 4 amide bonds. The van der Waals surface area contributed by atoms with Gasteiger partial charge in [-0.3, -0.25) is 0 Å². The van der Waals surface area contributed by atoms with Gasteiger partial charge in [0.15, 0.2) is 0 Å². The topological polar surface area (TPSA) is 114 Å². The van der Waals surface area contributed by atoms with E-state index in [1.165, 1.54) is 0 Å².